The number of fused-ring (bicyclic) bond motifs is 1. The standard InChI is InChI=1S/C20H24N2O4/c1-6-11-22-13-14(15-9-7-8-10-16(15)22)12-17(18(23)24)21(5)19(25)26-20(2,3)4/h1,7-10,13,17H,11-12H2,2-5H3,(H,23,24)/t17-/m1/s1. The molecule has 0 saturated carbocycles. The van der Waals surface area contributed by atoms with E-state index in [1.165, 1.54) is 7.05 Å². The molecule has 138 valence electrons. The van der Waals surface area contributed by atoms with Gasteiger partial charge in [-0.05, 0) is 32.4 Å². The van der Waals surface area contributed by atoms with Gasteiger partial charge in [0.1, 0.15) is 11.6 Å². The predicted octanol–water partition coefficient (Wildman–Crippen LogP) is 3.14. The molecule has 1 aromatic carbocycles. The first-order valence-electron chi connectivity index (χ1n) is 8.33. The number of ether oxygens (including phenoxy) is 1. The summed E-state index contributed by atoms with van der Waals surface area (Å²) in [5.41, 5.74) is 1.06. The number of benzene rings is 1. The fraction of sp³-hybridized carbons (Fsp3) is 0.400. The molecule has 2 aromatic rings. The number of aromatic nitrogens is 1. The van der Waals surface area contributed by atoms with Crippen molar-refractivity contribution in [2.24, 2.45) is 0 Å². The minimum Gasteiger partial charge on any atom is -0.480 e. The van der Waals surface area contributed by atoms with E-state index in [9.17, 15) is 14.7 Å². The lowest BCUT2D eigenvalue weighted by Gasteiger charge is -2.28. The van der Waals surface area contributed by atoms with Crippen LogP contribution in [0.3, 0.4) is 0 Å². The van der Waals surface area contributed by atoms with Crippen molar-refractivity contribution in [2.75, 3.05) is 7.05 Å². The average Bonchev–Trinajstić information content (AvgIpc) is 2.88. The summed E-state index contributed by atoms with van der Waals surface area (Å²) in [6, 6.07) is 6.60. The SMILES string of the molecule is C#CCn1cc(C[C@H](C(=O)O)N(C)C(=O)OC(C)(C)C)c2ccccc21. The maximum absolute atomic E-state index is 12.3. The molecule has 1 amide bonds. The lowest BCUT2D eigenvalue weighted by Crippen LogP contribution is -2.46. The molecule has 6 heteroatoms. The molecule has 0 radical (unpaired) electrons. The van der Waals surface area contributed by atoms with Gasteiger partial charge in [-0.1, -0.05) is 24.1 Å². The molecule has 0 unspecified atom stereocenters. The van der Waals surface area contributed by atoms with Crippen LogP contribution in [0.15, 0.2) is 30.5 Å². The Kier molecular flexibility index (Phi) is 5.61. The minimum absolute atomic E-state index is 0.156. The van der Waals surface area contributed by atoms with E-state index < -0.39 is 23.7 Å². The zero-order chi connectivity index (χ0) is 19.5. The van der Waals surface area contributed by atoms with E-state index in [1.807, 2.05) is 35.0 Å². The number of para-hydroxylation sites is 1. The summed E-state index contributed by atoms with van der Waals surface area (Å²) < 4.78 is 7.19. The Morgan fingerprint density at radius 2 is 2.00 bits per heavy atom. The van der Waals surface area contributed by atoms with Crippen LogP contribution < -0.4 is 0 Å². The van der Waals surface area contributed by atoms with Crippen molar-refractivity contribution >= 4 is 23.0 Å². The topological polar surface area (TPSA) is 71.8 Å². The van der Waals surface area contributed by atoms with Crippen LogP contribution >= 0.6 is 0 Å². The third kappa shape index (κ3) is 4.37. The summed E-state index contributed by atoms with van der Waals surface area (Å²) in [4.78, 5) is 25.2. The van der Waals surface area contributed by atoms with Crippen LogP contribution in [0, 0.1) is 12.3 Å². The van der Waals surface area contributed by atoms with E-state index >= 15 is 0 Å². The van der Waals surface area contributed by atoms with Crippen LogP contribution in [-0.2, 0) is 22.5 Å². The second-order valence-corrected chi connectivity index (χ2v) is 7.15. The molecule has 1 atom stereocenters. The second kappa shape index (κ2) is 7.52. The largest absolute Gasteiger partial charge is 0.480 e. The van der Waals surface area contributed by atoms with Gasteiger partial charge < -0.3 is 14.4 Å². The van der Waals surface area contributed by atoms with Crippen LogP contribution in [0.4, 0.5) is 4.79 Å². The van der Waals surface area contributed by atoms with Gasteiger partial charge in [-0.25, -0.2) is 9.59 Å². The van der Waals surface area contributed by atoms with Crippen LogP contribution in [0.25, 0.3) is 10.9 Å². The van der Waals surface area contributed by atoms with Crippen molar-refractivity contribution < 1.29 is 19.4 Å². The number of carbonyl (C=O) groups is 2. The maximum atomic E-state index is 12.3. The van der Waals surface area contributed by atoms with Gasteiger partial charge in [-0.2, -0.15) is 0 Å². The Morgan fingerprint density at radius 3 is 2.58 bits per heavy atom. The first-order chi connectivity index (χ1) is 12.1. The maximum Gasteiger partial charge on any atom is 0.410 e. The molecule has 0 aliphatic carbocycles. The highest BCUT2D eigenvalue weighted by atomic mass is 16.6. The van der Waals surface area contributed by atoms with Gasteiger partial charge in [-0.3, -0.25) is 4.90 Å². The first kappa shape index (κ1) is 19.4. The summed E-state index contributed by atoms with van der Waals surface area (Å²) in [5, 5.41) is 10.6. The number of terminal acetylenes is 1. The Labute approximate surface area is 153 Å². The smallest absolute Gasteiger partial charge is 0.410 e. The zero-order valence-electron chi connectivity index (χ0n) is 15.5. The lowest BCUT2D eigenvalue weighted by atomic mass is 10.0. The fourth-order valence-corrected chi connectivity index (χ4v) is 2.77. The predicted molar refractivity (Wildman–Crippen MR) is 99.9 cm³/mol. The van der Waals surface area contributed by atoms with Gasteiger partial charge in [0, 0.05) is 30.6 Å². The van der Waals surface area contributed by atoms with Crippen molar-refractivity contribution in [1.29, 1.82) is 0 Å². The minimum atomic E-state index is -1.09. The molecule has 0 saturated heterocycles. The van der Waals surface area contributed by atoms with Gasteiger partial charge in [-0.15, -0.1) is 6.42 Å². The molecule has 0 aliphatic rings. The van der Waals surface area contributed by atoms with Crippen molar-refractivity contribution in [3.63, 3.8) is 0 Å². The van der Waals surface area contributed by atoms with Crippen molar-refractivity contribution in [2.45, 2.75) is 45.4 Å². The molecule has 26 heavy (non-hydrogen) atoms. The third-order valence-corrected chi connectivity index (χ3v) is 3.98. The quantitative estimate of drug-likeness (QED) is 0.836. The summed E-state index contributed by atoms with van der Waals surface area (Å²) in [5.74, 6) is 1.50. The molecule has 0 fully saturated rings. The Morgan fingerprint density at radius 1 is 1.35 bits per heavy atom. The Hall–Kier alpha value is -2.94. The highest BCUT2D eigenvalue weighted by molar-refractivity contribution is 5.86. The zero-order valence-corrected chi connectivity index (χ0v) is 15.5. The van der Waals surface area contributed by atoms with E-state index in [0.29, 0.717) is 6.54 Å². The Balaban J connectivity index is 2.34. The van der Waals surface area contributed by atoms with Gasteiger partial charge in [0.2, 0.25) is 0 Å². The molecule has 1 N–H and O–H groups in total. The molecule has 1 heterocycles. The molecule has 1 aromatic heterocycles. The molecule has 0 bridgehead atoms. The number of carboxylic acids is 1. The third-order valence-electron chi connectivity index (χ3n) is 3.98. The summed E-state index contributed by atoms with van der Waals surface area (Å²) in [6.07, 6.45) is 6.76. The monoisotopic (exact) mass is 356 g/mol. The number of hydrogen-bond acceptors (Lipinski definition) is 3. The molecule has 2 rings (SSSR count). The lowest BCUT2D eigenvalue weighted by molar-refractivity contribution is -0.142. The highest BCUT2D eigenvalue weighted by Crippen LogP contribution is 2.24. The number of nitrogens with zero attached hydrogens (tertiary/aromatic N) is 2. The summed E-state index contributed by atoms with van der Waals surface area (Å²) >= 11 is 0. The van der Waals surface area contributed by atoms with Crippen LogP contribution in [0.1, 0.15) is 26.3 Å². The second-order valence-electron chi connectivity index (χ2n) is 7.15. The normalized spacial score (nSPS) is 12.4. The molecule has 0 spiro atoms. The van der Waals surface area contributed by atoms with Gasteiger partial charge >= 0.3 is 12.1 Å². The van der Waals surface area contributed by atoms with E-state index in [4.69, 9.17) is 11.2 Å². The number of hydrogen-bond donors (Lipinski definition) is 1. The summed E-state index contributed by atoms with van der Waals surface area (Å²) in [6.45, 7) is 5.60. The van der Waals surface area contributed by atoms with Gasteiger partial charge in [0.05, 0.1) is 6.54 Å². The van der Waals surface area contributed by atoms with E-state index in [0.717, 1.165) is 21.4 Å². The fourth-order valence-electron chi connectivity index (χ4n) is 2.77. The van der Waals surface area contributed by atoms with E-state index in [1.54, 1.807) is 20.8 Å². The first-order valence-corrected chi connectivity index (χ1v) is 8.33. The van der Waals surface area contributed by atoms with Gasteiger partial charge in [0.15, 0.2) is 0 Å². The number of rotatable bonds is 5. The molecular formula is C20H24N2O4. The van der Waals surface area contributed by atoms with Crippen LogP contribution in [0.2, 0.25) is 0 Å². The van der Waals surface area contributed by atoms with Crippen molar-refractivity contribution in [3.8, 4) is 12.3 Å². The van der Waals surface area contributed by atoms with E-state index in [2.05, 4.69) is 5.92 Å². The van der Waals surface area contributed by atoms with E-state index in [-0.39, 0.29) is 6.42 Å². The molecule has 0 aliphatic heterocycles. The number of amides is 1. The number of carboxylic acid groups (broad SMARTS) is 1. The summed E-state index contributed by atoms with van der Waals surface area (Å²) in [7, 11) is 1.44. The van der Waals surface area contributed by atoms with Crippen molar-refractivity contribution in [1.82, 2.24) is 9.47 Å². The average molecular weight is 356 g/mol. The molecular weight excluding hydrogens is 332 g/mol. The number of aliphatic carboxylic acids is 1. The van der Waals surface area contributed by atoms with Crippen molar-refractivity contribution in [3.05, 3.63) is 36.0 Å². The van der Waals surface area contributed by atoms with Crippen LogP contribution in [0.5, 0.6) is 0 Å². The number of likely N-dealkylation sites (N-methyl/N-ethyl adjacent to an activating group) is 1. The van der Waals surface area contributed by atoms with Crippen LogP contribution in [-0.4, -0.2) is 45.3 Å². The number of carbonyl (C=O) groups excluding carboxylic acids is 1. The Bertz CT molecular complexity index is 855. The highest BCUT2D eigenvalue weighted by Gasteiger charge is 2.31. The molecule has 6 nitrogen and oxygen atoms in total. The van der Waals surface area contributed by atoms with Gasteiger partial charge in [0.25, 0.3) is 0 Å².